The molecule has 39 heavy (non-hydrogen) atoms. The fraction of sp³-hybridized carbons (Fsp3) is 0.900. The summed E-state index contributed by atoms with van der Waals surface area (Å²) in [4.78, 5) is 17.4. The molecule has 1 unspecified atom stereocenters. The SMILES string of the molecule is CC[C@H]1OC(=O)[C@H](C)[C@@H](O)[C@H](C)[C@@H](O[C@H]2CC(N(C)C)C[C@@H](C)O2)/C(C)=C/[C@@H](C)CN(C)[C@H](C)[C@@H](O)[C@]1(C)O. The van der Waals surface area contributed by atoms with Gasteiger partial charge in [0.2, 0.25) is 0 Å². The molecule has 228 valence electrons. The van der Waals surface area contributed by atoms with Crippen LogP contribution in [0.15, 0.2) is 11.6 Å². The van der Waals surface area contributed by atoms with Crippen LogP contribution in [0.3, 0.4) is 0 Å². The smallest absolute Gasteiger partial charge is 0.311 e. The molecule has 2 aliphatic rings. The molecule has 1 saturated heterocycles. The molecule has 2 aliphatic heterocycles. The van der Waals surface area contributed by atoms with Gasteiger partial charge in [-0.1, -0.05) is 26.8 Å². The van der Waals surface area contributed by atoms with Crippen LogP contribution in [-0.4, -0.2) is 113 Å². The first kappa shape index (κ1) is 34.1. The van der Waals surface area contributed by atoms with Crippen molar-refractivity contribution in [3.05, 3.63) is 11.6 Å². The number of hydrogen-bond acceptors (Lipinski definition) is 9. The summed E-state index contributed by atoms with van der Waals surface area (Å²) in [6.45, 7) is 15.5. The Balaban J connectivity index is 2.46. The Morgan fingerprint density at radius 3 is 2.33 bits per heavy atom. The van der Waals surface area contributed by atoms with E-state index in [1.165, 1.54) is 6.92 Å². The zero-order valence-corrected chi connectivity index (χ0v) is 26.1. The zero-order chi connectivity index (χ0) is 29.8. The van der Waals surface area contributed by atoms with Gasteiger partial charge in [-0.25, -0.2) is 0 Å². The number of aliphatic hydroxyl groups excluding tert-OH is 2. The van der Waals surface area contributed by atoms with E-state index >= 15 is 0 Å². The maximum absolute atomic E-state index is 13.2. The van der Waals surface area contributed by atoms with Gasteiger partial charge in [0.05, 0.1) is 24.2 Å². The lowest BCUT2D eigenvalue weighted by Gasteiger charge is -2.41. The molecule has 9 nitrogen and oxygen atoms in total. The largest absolute Gasteiger partial charge is 0.459 e. The van der Waals surface area contributed by atoms with Crippen LogP contribution in [0, 0.1) is 17.8 Å². The highest BCUT2D eigenvalue weighted by atomic mass is 16.7. The second kappa shape index (κ2) is 14.2. The van der Waals surface area contributed by atoms with Crippen molar-refractivity contribution >= 4 is 5.97 Å². The second-order valence-electron chi connectivity index (χ2n) is 12.7. The number of rotatable bonds is 4. The Hall–Kier alpha value is -1.07. The van der Waals surface area contributed by atoms with Gasteiger partial charge in [0.1, 0.15) is 17.8 Å². The molecule has 0 radical (unpaired) electrons. The molecule has 2 heterocycles. The molecular formula is C30H56N2O7. The molecule has 1 fully saturated rings. The summed E-state index contributed by atoms with van der Waals surface area (Å²) in [5.41, 5.74) is -0.722. The number of carbonyl (C=O) groups excluding carboxylic acids is 1. The molecule has 0 amide bonds. The molecule has 3 N–H and O–H groups in total. The fourth-order valence-corrected chi connectivity index (χ4v) is 6.16. The van der Waals surface area contributed by atoms with Gasteiger partial charge in [-0.2, -0.15) is 0 Å². The number of likely N-dealkylation sites (N-methyl/N-ethyl adjacent to an activating group) is 1. The van der Waals surface area contributed by atoms with Gasteiger partial charge < -0.3 is 39.3 Å². The first-order valence-corrected chi connectivity index (χ1v) is 14.7. The Morgan fingerprint density at radius 2 is 1.77 bits per heavy atom. The number of ether oxygens (including phenoxy) is 3. The molecule has 2 rings (SSSR count). The van der Waals surface area contributed by atoms with Crippen LogP contribution >= 0.6 is 0 Å². The lowest BCUT2D eigenvalue weighted by Crippen LogP contribution is -2.59. The molecule has 0 spiro atoms. The molecular weight excluding hydrogens is 500 g/mol. The van der Waals surface area contributed by atoms with E-state index in [0.717, 1.165) is 12.0 Å². The lowest BCUT2D eigenvalue weighted by atomic mass is 9.85. The summed E-state index contributed by atoms with van der Waals surface area (Å²) < 4.78 is 18.5. The van der Waals surface area contributed by atoms with Crippen molar-refractivity contribution in [1.29, 1.82) is 0 Å². The van der Waals surface area contributed by atoms with Crippen LogP contribution in [0.2, 0.25) is 0 Å². The molecule has 0 aliphatic carbocycles. The molecule has 0 saturated carbocycles. The van der Waals surface area contributed by atoms with E-state index < -0.39 is 60.2 Å². The summed E-state index contributed by atoms with van der Waals surface area (Å²) in [6, 6.07) is -0.0817. The molecule has 0 aromatic carbocycles. The van der Waals surface area contributed by atoms with Crippen molar-refractivity contribution in [2.75, 3.05) is 27.7 Å². The summed E-state index contributed by atoms with van der Waals surface area (Å²) in [6.07, 6.45) is 0.0313. The number of esters is 1. The van der Waals surface area contributed by atoms with E-state index in [4.69, 9.17) is 14.2 Å². The van der Waals surface area contributed by atoms with Crippen molar-refractivity contribution in [1.82, 2.24) is 9.80 Å². The van der Waals surface area contributed by atoms with Gasteiger partial charge in [0.15, 0.2) is 6.29 Å². The van der Waals surface area contributed by atoms with E-state index in [2.05, 4.69) is 32.0 Å². The van der Waals surface area contributed by atoms with Crippen molar-refractivity contribution in [3.8, 4) is 0 Å². The highest BCUT2D eigenvalue weighted by Gasteiger charge is 2.46. The Kier molecular flexibility index (Phi) is 12.4. The summed E-state index contributed by atoms with van der Waals surface area (Å²) in [7, 11) is 6.03. The first-order chi connectivity index (χ1) is 18.0. The van der Waals surface area contributed by atoms with Gasteiger partial charge in [-0.3, -0.25) is 4.79 Å². The van der Waals surface area contributed by atoms with Crippen LogP contribution in [0.4, 0.5) is 0 Å². The van der Waals surface area contributed by atoms with Crippen molar-refractivity contribution < 1.29 is 34.3 Å². The molecule has 0 bridgehead atoms. The predicted octanol–water partition coefficient (Wildman–Crippen LogP) is 2.81. The van der Waals surface area contributed by atoms with E-state index in [1.54, 1.807) is 13.8 Å². The summed E-state index contributed by atoms with van der Waals surface area (Å²) in [5.74, 6) is -1.84. The minimum Gasteiger partial charge on any atom is -0.459 e. The highest BCUT2D eigenvalue weighted by Crippen LogP contribution is 2.32. The predicted molar refractivity (Wildman–Crippen MR) is 152 cm³/mol. The topological polar surface area (TPSA) is 112 Å². The summed E-state index contributed by atoms with van der Waals surface area (Å²) >= 11 is 0. The third kappa shape index (κ3) is 8.47. The van der Waals surface area contributed by atoms with Crippen LogP contribution in [-0.2, 0) is 19.0 Å². The maximum atomic E-state index is 13.2. The van der Waals surface area contributed by atoms with Crippen LogP contribution in [0.25, 0.3) is 0 Å². The molecule has 0 aromatic heterocycles. The van der Waals surface area contributed by atoms with E-state index in [1.807, 2.05) is 39.6 Å². The van der Waals surface area contributed by atoms with Gasteiger partial charge in [-0.05, 0) is 80.1 Å². The number of cyclic esters (lactones) is 1. The van der Waals surface area contributed by atoms with E-state index in [9.17, 15) is 20.1 Å². The quantitative estimate of drug-likeness (QED) is 0.355. The van der Waals surface area contributed by atoms with Gasteiger partial charge in [0.25, 0.3) is 0 Å². The second-order valence-corrected chi connectivity index (χ2v) is 12.7. The maximum Gasteiger partial charge on any atom is 0.311 e. The van der Waals surface area contributed by atoms with E-state index in [0.29, 0.717) is 25.4 Å². The molecule has 0 aromatic rings. The zero-order valence-electron chi connectivity index (χ0n) is 26.1. The average molecular weight is 557 g/mol. The number of aliphatic hydroxyl groups is 3. The average Bonchev–Trinajstić information content (AvgIpc) is 2.86. The minimum atomic E-state index is -1.67. The van der Waals surface area contributed by atoms with Crippen molar-refractivity contribution in [2.24, 2.45) is 17.8 Å². The fourth-order valence-electron chi connectivity index (χ4n) is 6.16. The normalized spacial score (nSPS) is 45.7. The Bertz CT molecular complexity index is 819. The number of nitrogens with zero attached hydrogens (tertiary/aromatic N) is 2. The van der Waals surface area contributed by atoms with Gasteiger partial charge in [0, 0.05) is 31.0 Å². The molecule has 9 heteroatoms. The molecule has 12 atom stereocenters. The van der Waals surface area contributed by atoms with Crippen molar-refractivity contribution in [2.45, 2.75) is 129 Å². The number of hydrogen-bond donors (Lipinski definition) is 3. The van der Waals surface area contributed by atoms with Gasteiger partial charge in [-0.15, -0.1) is 0 Å². The standard InChI is InChI=1S/C30H56N2O7/c1-12-24-30(8,36)28(34)22(7)32(11)16-17(2)13-18(3)27(20(5)26(33)21(6)29(35)38-24)39-25-15-23(31(9)10)14-19(4)37-25/h13,17,19-28,33-34,36H,12,14-16H2,1-11H3/b18-13+/t17-,19-,20+,21-,22-,23?,24-,25+,26+,27+,28-,30-/m1/s1. The lowest BCUT2D eigenvalue weighted by molar-refractivity contribution is -0.228. The number of carbonyl (C=O) groups is 1. The minimum absolute atomic E-state index is 0.0380. The third-order valence-electron chi connectivity index (χ3n) is 8.99. The first-order valence-electron chi connectivity index (χ1n) is 14.7. The van der Waals surface area contributed by atoms with Crippen LogP contribution < -0.4 is 0 Å². The van der Waals surface area contributed by atoms with Crippen molar-refractivity contribution in [3.63, 3.8) is 0 Å². The van der Waals surface area contributed by atoms with Crippen LogP contribution in [0.1, 0.15) is 74.7 Å². The Morgan fingerprint density at radius 1 is 1.15 bits per heavy atom. The van der Waals surface area contributed by atoms with Crippen LogP contribution in [0.5, 0.6) is 0 Å². The van der Waals surface area contributed by atoms with Gasteiger partial charge >= 0.3 is 5.97 Å². The third-order valence-corrected chi connectivity index (χ3v) is 8.99. The summed E-state index contributed by atoms with van der Waals surface area (Å²) in [5, 5.41) is 33.9. The van der Waals surface area contributed by atoms with E-state index in [-0.39, 0.29) is 12.0 Å². The monoisotopic (exact) mass is 556 g/mol. The highest BCUT2D eigenvalue weighted by molar-refractivity contribution is 5.73. The Labute approximate surface area is 236 Å².